The van der Waals surface area contributed by atoms with E-state index in [4.69, 9.17) is 4.74 Å². The van der Waals surface area contributed by atoms with E-state index in [-0.39, 0.29) is 12.0 Å². The van der Waals surface area contributed by atoms with E-state index in [1.807, 2.05) is 36.4 Å². The first kappa shape index (κ1) is 15.5. The molecule has 3 nitrogen and oxygen atoms in total. The van der Waals surface area contributed by atoms with Gasteiger partial charge >= 0.3 is 0 Å². The minimum atomic E-state index is -0.116. The minimum absolute atomic E-state index is 0.0993. The molecule has 0 spiro atoms. The Kier molecular flexibility index (Phi) is 5.72. The summed E-state index contributed by atoms with van der Waals surface area (Å²) >= 11 is 1.69. The van der Waals surface area contributed by atoms with Crippen molar-refractivity contribution in [1.82, 2.24) is 5.32 Å². The smallest absolute Gasteiger partial charge is 0.244 e. The standard InChI is InChI=1S/C17H19NO2S/c1-13-8-10-16(21-13)15(20-2)12-18-17(19)11-9-14-6-4-3-5-7-14/h3-11,15H,12H2,1-2H3,(H,18,19)/b11-9+/t15-/m1/s1. The van der Waals surface area contributed by atoms with Crippen molar-refractivity contribution in [3.8, 4) is 0 Å². The van der Waals surface area contributed by atoms with Crippen LogP contribution in [0.15, 0.2) is 48.5 Å². The maximum absolute atomic E-state index is 11.8. The van der Waals surface area contributed by atoms with Crippen molar-refractivity contribution in [2.45, 2.75) is 13.0 Å². The average molecular weight is 301 g/mol. The molecule has 0 aliphatic carbocycles. The van der Waals surface area contributed by atoms with Crippen LogP contribution < -0.4 is 5.32 Å². The second-order valence-electron chi connectivity index (χ2n) is 4.66. The molecule has 1 N–H and O–H groups in total. The molecule has 4 heteroatoms. The predicted molar refractivity (Wildman–Crippen MR) is 87.3 cm³/mol. The lowest BCUT2D eigenvalue weighted by Gasteiger charge is -2.13. The number of carbonyl (C=O) groups excluding carboxylic acids is 1. The number of rotatable bonds is 6. The van der Waals surface area contributed by atoms with Crippen molar-refractivity contribution in [2.24, 2.45) is 0 Å². The van der Waals surface area contributed by atoms with Crippen LogP contribution in [0.1, 0.15) is 21.4 Å². The second kappa shape index (κ2) is 7.76. The van der Waals surface area contributed by atoms with E-state index in [0.29, 0.717) is 6.54 Å². The highest BCUT2D eigenvalue weighted by Gasteiger charge is 2.12. The van der Waals surface area contributed by atoms with Gasteiger partial charge in [0.05, 0.1) is 0 Å². The molecule has 21 heavy (non-hydrogen) atoms. The number of amides is 1. The van der Waals surface area contributed by atoms with Crippen molar-refractivity contribution in [3.05, 3.63) is 63.9 Å². The van der Waals surface area contributed by atoms with Crippen LogP contribution in [-0.2, 0) is 9.53 Å². The Morgan fingerprint density at radius 1 is 1.29 bits per heavy atom. The second-order valence-corrected chi connectivity index (χ2v) is 5.98. The van der Waals surface area contributed by atoms with Crippen molar-refractivity contribution < 1.29 is 9.53 Å². The molecular formula is C17H19NO2S. The predicted octanol–water partition coefficient (Wildman–Crippen LogP) is 3.57. The average Bonchev–Trinajstić information content (AvgIpc) is 2.93. The fourth-order valence-electron chi connectivity index (χ4n) is 1.91. The van der Waals surface area contributed by atoms with E-state index < -0.39 is 0 Å². The molecule has 0 aliphatic heterocycles. The molecule has 1 atom stereocenters. The van der Waals surface area contributed by atoms with E-state index >= 15 is 0 Å². The van der Waals surface area contributed by atoms with Crippen molar-refractivity contribution in [1.29, 1.82) is 0 Å². The normalized spacial score (nSPS) is 12.5. The van der Waals surface area contributed by atoms with E-state index in [1.165, 1.54) is 4.88 Å². The van der Waals surface area contributed by atoms with Crippen LogP contribution in [0, 0.1) is 6.92 Å². The zero-order chi connectivity index (χ0) is 15.1. The number of aryl methyl sites for hydroxylation is 1. The molecule has 1 amide bonds. The molecule has 0 saturated heterocycles. The van der Waals surface area contributed by atoms with Crippen LogP contribution >= 0.6 is 11.3 Å². The third-order valence-electron chi connectivity index (χ3n) is 3.05. The molecule has 1 aromatic heterocycles. The van der Waals surface area contributed by atoms with Gasteiger partial charge < -0.3 is 10.1 Å². The van der Waals surface area contributed by atoms with Crippen LogP contribution in [0.2, 0.25) is 0 Å². The Morgan fingerprint density at radius 3 is 2.67 bits per heavy atom. The summed E-state index contributed by atoms with van der Waals surface area (Å²) in [5.41, 5.74) is 1.00. The summed E-state index contributed by atoms with van der Waals surface area (Å²) in [5, 5.41) is 2.87. The Balaban J connectivity index is 1.86. The first-order chi connectivity index (χ1) is 10.2. The van der Waals surface area contributed by atoms with Gasteiger partial charge in [0, 0.05) is 29.5 Å². The molecule has 0 aliphatic rings. The van der Waals surface area contributed by atoms with Gasteiger partial charge in [0.1, 0.15) is 6.10 Å². The van der Waals surface area contributed by atoms with Crippen molar-refractivity contribution >= 4 is 23.3 Å². The Labute approximate surface area is 129 Å². The number of ether oxygens (including phenoxy) is 1. The number of benzene rings is 1. The summed E-state index contributed by atoms with van der Waals surface area (Å²) in [6.45, 7) is 2.52. The lowest BCUT2D eigenvalue weighted by atomic mass is 10.2. The highest BCUT2D eigenvalue weighted by atomic mass is 32.1. The maximum Gasteiger partial charge on any atom is 0.244 e. The number of methoxy groups -OCH3 is 1. The summed E-state index contributed by atoms with van der Waals surface area (Å²) in [6.07, 6.45) is 3.24. The van der Waals surface area contributed by atoms with Crippen molar-refractivity contribution in [3.63, 3.8) is 0 Å². The number of hydrogen-bond donors (Lipinski definition) is 1. The van der Waals surface area contributed by atoms with Crippen molar-refractivity contribution in [2.75, 3.05) is 13.7 Å². The molecule has 1 aromatic carbocycles. The lowest BCUT2D eigenvalue weighted by Crippen LogP contribution is -2.27. The SMILES string of the molecule is CO[C@H](CNC(=O)/C=C/c1ccccc1)c1ccc(C)s1. The molecule has 2 aromatic rings. The van der Waals surface area contributed by atoms with Gasteiger partial charge in [0.25, 0.3) is 0 Å². The number of hydrogen-bond acceptors (Lipinski definition) is 3. The molecule has 2 rings (SSSR count). The van der Waals surface area contributed by atoms with E-state index in [9.17, 15) is 4.79 Å². The van der Waals surface area contributed by atoms with Gasteiger partial charge in [-0.3, -0.25) is 4.79 Å². The zero-order valence-electron chi connectivity index (χ0n) is 12.2. The van der Waals surface area contributed by atoms with Gasteiger partial charge in [0.15, 0.2) is 0 Å². The molecule has 0 fully saturated rings. The van der Waals surface area contributed by atoms with Crippen LogP contribution in [0.25, 0.3) is 6.08 Å². The van der Waals surface area contributed by atoms with Crippen LogP contribution in [0.4, 0.5) is 0 Å². The van der Waals surface area contributed by atoms with Gasteiger partial charge in [-0.1, -0.05) is 30.3 Å². The minimum Gasteiger partial charge on any atom is -0.374 e. The number of nitrogens with one attached hydrogen (secondary N) is 1. The van der Waals surface area contributed by atoms with Gasteiger partial charge in [-0.05, 0) is 30.7 Å². The van der Waals surface area contributed by atoms with Crippen LogP contribution in [0.5, 0.6) is 0 Å². The molecule has 0 unspecified atom stereocenters. The van der Waals surface area contributed by atoms with E-state index in [2.05, 4.69) is 18.3 Å². The van der Waals surface area contributed by atoms with E-state index in [1.54, 1.807) is 30.6 Å². The maximum atomic E-state index is 11.8. The van der Waals surface area contributed by atoms with Crippen LogP contribution in [0.3, 0.4) is 0 Å². The first-order valence-electron chi connectivity index (χ1n) is 6.79. The topological polar surface area (TPSA) is 38.3 Å². The molecule has 0 radical (unpaired) electrons. The monoisotopic (exact) mass is 301 g/mol. The fourth-order valence-corrected chi connectivity index (χ4v) is 2.87. The zero-order valence-corrected chi connectivity index (χ0v) is 13.0. The third-order valence-corrected chi connectivity index (χ3v) is 4.14. The Bertz CT molecular complexity index is 604. The quantitative estimate of drug-likeness (QED) is 0.828. The molecule has 0 saturated carbocycles. The summed E-state index contributed by atoms with van der Waals surface area (Å²) < 4.78 is 5.43. The Hall–Kier alpha value is -1.91. The van der Waals surface area contributed by atoms with Gasteiger partial charge in [-0.2, -0.15) is 0 Å². The van der Waals surface area contributed by atoms with Gasteiger partial charge in [-0.15, -0.1) is 11.3 Å². The Morgan fingerprint density at radius 2 is 2.05 bits per heavy atom. The van der Waals surface area contributed by atoms with Gasteiger partial charge in [0.2, 0.25) is 5.91 Å². The summed E-state index contributed by atoms with van der Waals surface area (Å²) in [7, 11) is 1.66. The fraction of sp³-hybridized carbons (Fsp3) is 0.235. The molecule has 0 bridgehead atoms. The summed E-state index contributed by atoms with van der Waals surface area (Å²) in [6, 6.07) is 13.8. The first-order valence-corrected chi connectivity index (χ1v) is 7.61. The molecule has 110 valence electrons. The van der Waals surface area contributed by atoms with E-state index in [0.717, 1.165) is 10.4 Å². The number of carbonyl (C=O) groups is 1. The summed E-state index contributed by atoms with van der Waals surface area (Å²) in [4.78, 5) is 14.2. The molecule has 1 heterocycles. The third kappa shape index (κ3) is 4.85. The highest BCUT2D eigenvalue weighted by molar-refractivity contribution is 7.12. The lowest BCUT2D eigenvalue weighted by molar-refractivity contribution is -0.117. The number of thiophene rings is 1. The highest BCUT2D eigenvalue weighted by Crippen LogP contribution is 2.24. The largest absolute Gasteiger partial charge is 0.374 e. The summed E-state index contributed by atoms with van der Waals surface area (Å²) in [5.74, 6) is -0.116. The van der Waals surface area contributed by atoms with Crippen LogP contribution in [-0.4, -0.2) is 19.6 Å². The van der Waals surface area contributed by atoms with Gasteiger partial charge in [-0.25, -0.2) is 0 Å². The molecular weight excluding hydrogens is 282 g/mol.